The molecule has 120 valence electrons. The average molecular weight is 307 g/mol. The number of carbonyl (C=O) groups excluding carboxylic acids is 1. The van der Waals surface area contributed by atoms with Crippen molar-refractivity contribution in [1.82, 2.24) is 4.90 Å². The van der Waals surface area contributed by atoms with Gasteiger partial charge in [-0.1, -0.05) is 12.1 Å². The monoisotopic (exact) mass is 307 g/mol. The molecule has 6 nitrogen and oxygen atoms in total. The molecule has 1 unspecified atom stereocenters. The Morgan fingerprint density at radius 2 is 2.00 bits per heavy atom. The number of amides is 1. The van der Waals surface area contributed by atoms with E-state index in [4.69, 9.17) is 4.74 Å². The Hall–Kier alpha value is -2.08. The Morgan fingerprint density at radius 3 is 2.59 bits per heavy atom. The number of piperidine rings is 1. The Labute approximate surface area is 129 Å². The Bertz CT molecular complexity index is 538. The summed E-state index contributed by atoms with van der Waals surface area (Å²) in [4.78, 5) is 25.6. The highest BCUT2D eigenvalue weighted by molar-refractivity contribution is 5.81. The summed E-state index contributed by atoms with van der Waals surface area (Å²) in [5.41, 5.74) is -0.224. The molecule has 1 amide bonds. The van der Waals surface area contributed by atoms with Crippen LogP contribution in [0.1, 0.15) is 18.4 Å². The molecule has 1 atom stereocenters. The van der Waals surface area contributed by atoms with Gasteiger partial charge in [0.25, 0.3) is 0 Å². The normalized spacial score (nSPS) is 21.6. The molecule has 1 aromatic carbocycles. The van der Waals surface area contributed by atoms with Gasteiger partial charge in [-0.15, -0.1) is 0 Å². The summed E-state index contributed by atoms with van der Waals surface area (Å²) in [7, 11) is 1.47. The minimum absolute atomic E-state index is 0.103. The topological polar surface area (TPSA) is 87.1 Å². The standard InChI is InChI=1S/C16H21NO5/c1-22-11-16(15(20)21)7-2-8-17(10-16)14(19)9-12-3-5-13(18)6-4-12/h3-6,18H,2,7-11H2,1H3,(H,20,21). The first-order valence-electron chi connectivity index (χ1n) is 7.25. The van der Waals surface area contributed by atoms with E-state index in [9.17, 15) is 19.8 Å². The van der Waals surface area contributed by atoms with E-state index >= 15 is 0 Å². The lowest BCUT2D eigenvalue weighted by atomic mass is 9.80. The minimum Gasteiger partial charge on any atom is -0.508 e. The maximum atomic E-state index is 12.4. The SMILES string of the molecule is COCC1(C(=O)O)CCCN(C(=O)Cc2ccc(O)cc2)C1. The molecule has 1 aromatic rings. The van der Waals surface area contributed by atoms with Gasteiger partial charge >= 0.3 is 5.97 Å². The van der Waals surface area contributed by atoms with Crippen molar-refractivity contribution < 1.29 is 24.5 Å². The van der Waals surface area contributed by atoms with E-state index in [1.807, 2.05) is 0 Å². The van der Waals surface area contributed by atoms with Gasteiger partial charge in [-0.2, -0.15) is 0 Å². The number of carboxylic acids is 1. The molecule has 0 saturated carbocycles. The van der Waals surface area contributed by atoms with Gasteiger partial charge in [0.2, 0.25) is 5.91 Å². The van der Waals surface area contributed by atoms with Crippen LogP contribution in [0.4, 0.5) is 0 Å². The number of carboxylic acid groups (broad SMARTS) is 1. The molecule has 6 heteroatoms. The number of rotatable bonds is 5. The Balaban J connectivity index is 2.06. The molecule has 0 bridgehead atoms. The van der Waals surface area contributed by atoms with Crippen LogP contribution in [-0.4, -0.2) is 53.8 Å². The van der Waals surface area contributed by atoms with Crippen molar-refractivity contribution >= 4 is 11.9 Å². The van der Waals surface area contributed by atoms with Crippen LogP contribution < -0.4 is 0 Å². The van der Waals surface area contributed by atoms with Crippen LogP contribution in [-0.2, 0) is 20.7 Å². The number of aromatic hydroxyl groups is 1. The summed E-state index contributed by atoms with van der Waals surface area (Å²) in [6, 6.07) is 6.45. The number of phenolic OH excluding ortho intramolecular Hbond substituents is 1. The van der Waals surface area contributed by atoms with Gasteiger partial charge in [-0.3, -0.25) is 9.59 Å². The highest BCUT2D eigenvalue weighted by atomic mass is 16.5. The third kappa shape index (κ3) is 3.57. The number of hydrogen-bond acceptors (Lipinski definition) is 4. The van der Waals surface area contributed by atoms with Gasteiger partial charge in [0.05, 0.1) is 13.0 Å². The van der Waals surface area contributed by atoms with Gasteiger partial charge in [-0.05, 0) is 30.5 Å². The Morgan fingerprint density at radius 1 is 1.32 bits per heavy atom. The average Bonchev–Trinajstić information content (AvgIpc) is 2.50. The van der Waals surface area contributed by atoms with E-state index in [0.29, 0.717) is 19.4 Å². The van der Waals surface area contributed by atoms with Crippen LogP contribution in [0, 0.1) is 5.41 Å². The van der Waals surface area contributed by atoms with E-state index in [-0.39, 0.29) is 31.2 Å². The molecule has 0 spiro atoms. The van der Waals surface area contributed by atoms with Crippen molar-refractivity contribution in [2.75, 3.05) is 26.8 Å². The van der Waals surface area contributed by atoms with Gasteiger partial charge in [0.15, 0.2) is 0 Å². The van der Waals surface area contributed by atoms with E-state index in [0.717, 1.165) is 5.56 Å². The number of nitrogens with zero attached hydrogens (tertiary/aromatic N) is 1. The van der Waals surface area contributed by atoms with E-state index in [1.54, 1.807) is 17.0 Å². The van der Waals surface area contributed by atoms with Crippen LogP contribution >= 0.6 is 0 Å². The second kappa shape index (κ2) is 6.79. The van der Waals surface area contributed by atoms with E-state index < -0.39 is 11.4 Å². The second-order valence-electron chi connectivity index (χ2n) is 5.78. The molecule has 1 aliphatic rings. The fraction of sp³-hybridized carbons (Fsp3) is 0.500. The lowest BCUT2D eigenvalue weighted by Gasteiger charge is -2.39. The van der Waals surface area contributed by atoms with Crippen LogP contribution in [0.25, 0.3) is 0 Å². The fourth-order valence-electron chi connectivity index (χ4n) is 2.88. The molecule has 2 rings (SSSR count). The molecule has 22 heavy (non-hydrogen) atoms. The van der Waals surface area contributed by atoms with Crippen molar-refractivity contribution in [1.29, 1.82) is 0 Å². The number of hydrogen-bond donors (Lipinski definition) is 2. The van der Waals surface area contributed by atoms with Gasteiger partial charge in [-0.25, -0.2) is 0 Å². The largest absolute Gasteiger partial charge is 0.508 e. The Kier molecular flexibility index (Phi) is 5.03. The van der Waals surface area contributed by atoms with Crippen LogP contribution in [0.2, 0.25) is 0 Å². The van der Waals surface area contributed by atoms with Crippen molar-refractivity contribution in [3.8, 4) is 5.75 Å². The molecular weight excluding hydrogens is 286 g/mol. The molecular formula is C16H21NO5. The van der Waals surface area contributed by atoms with Gasteiger partial charge < -0.3 is 19.8 Å². The summed E-state index contributed by atoms with van der Waals surface area (Å²) in [5, 5.41) is 18.7. The van der Waals surface area contributed by atoms with Crippen molar-refractivity contribution in [3.05, 3.63) is 29.8 Å². The first-order chi connectivity index (χ1) is 10.5. The molecule has 2 N–H and O–H groups in total. The lowest BCUT2D eigenvalue weighted by Crippen LogP contribution is -2.52. The number of phenols is 1. The number of benzene rings is 1. The summed E-state index contributed by atoms with van der Waals surface area (Å²) in [5.74, 6) is -0.872. The number of ether oxygens (including phenoxy) is 1. The zero-order valence-corrected chi connectivity index (χ0v) is 12.6. The molecule has 0 aliphatic carbocycles. The molecule has 1 aliphatic heterocycles. The van der Waals surface area contributed by atoms with Crippen molar-refractivity contribution in [3.63, 3.8) is 0 Å². The first-order valence-corrected chi connectivity index (χ1v) is 7.25. The molecule has 1 heterocycles. The molecule has 0 radical (unpaired) electrons. The molecule has 1 saturated heterocycles. The second-order valence-corrected chi connectivity index (χ2v) is 5.78. The highest BCUT2D eigenvalue weighted by Gasteiger charge is 2.43. The van der Waals surface area contributed by atoms with E-state index in [2.05, 4.69) is 0 Å². The number of carbonyl (C=O) groups is 2. The molecule has 0 aromatic heterocycles. The first kappa shape index (κ1) is 16.3. The summed E-state index contributed by atoms with van der Waals surface area (Å²) < 4.78 is 5.06. The third-order valence-corrected chi connectivity index (χ3v) is 4.10. The van der Waals surface area contributed by atoms with Crippen molar-refractivity contribution in [2.24, 2.45) is 5.41 Å². The van der Waals surface area contributed by atoms with Crippen LogP contribution in [0.3, 0.4) is 0 Å². The number of aliphatic carboxylic acids is 1. The quantitative estimate of drug-likeness (QED) is 0.855. The summed E-state index contributed by atoms with van der Waals surface area (Å²) in [6.07, 6.45) is 1.36. The predicted octanol–water partition coefficient (Wildman–Crippen LogP) is 1.27. The predicted molar refractivity (Wildman–Crippen MR) is 79.6 cm³/mol. The van der Waals surface area contributed by atoms with Crippen molar-refractivity contribution in [2.45, 2.75) is 19.3 Å². The van der Waals surface area contributed by atoms with Crippen LogP contribution in [0.5, 0.6) is 5.75 Å². The molecule has 1 fully saturated rings. The summed E-state index contributed by atoms with van der Waals surface area (Å²) >= 11 is 0. The maximum absolute atomic E-state index is 12.4. The minimum atomic E-state index is -1.02. The smallest absolute Gasteiger partial charge is 0.313 e. The number of methoxy groups -OCH3 is 1. The maximum Gasteiger partial charge on any atom is 0.313 e. The number of likely N-dealkylation sites (tertiary alicyclic amines) is 1. The van der Waals surface area contributed by atoms with Gasteiger partial charge in [0.1, 0.15) is 11.2 Å². The fourth-order valence-corrected chi connectivity index (χ4v) is 2.88. The van der Waals surface area contributed by atoms with Gasteiger partial charge in [0, 0.05) is 20.2 Å². The third-order valence-electron chi connectivity index (χ3n) is 4.10. The summed E-state index contributed by atoms with van der Waals surface area (Å²) in [6.45, 7) is 0.841. The highest BCUT2D eigenvalue weighted by Crippen LogP contribution is 2.31. The van der Waals surface area contributed by atoms with E-state index in [1.165, 1.54) is 19.2 Å². The van der Waals surface area contributed by atoms with Crippen LogP contribution in [0.15, 0.2) is 24.3 Å². The lowest BCUT2D eigenvalue weighted by molar-refractivity contribution is -0.159. The zero-order valence-electron chi connectivity index (χ0n) is 12.6. The zero-order chi connectivity index (χ0) is 16.2.